The molecule has 1 aromatic heterocycles. The van der Waals surface area contributed by atoms with E-state index < -0.39 is 0 Å². The van der Waals surface area contributed by atoms with Gasteiger partial charge in [0.25, 0.3) is 0 Å². The van der Waals surface area contributed by atoms with Gasteiger partial charge in [-0.05, 0) is 43.2 Å². The summed E-state index contributed by atoms with van der Waals surface area (Å²) in [5, 5.41) is 3.56. The molecule has 0 saturated carbocycles. The highest BCUT2D eigenvalue weighted by molar-refractivity contribution is 5.44. The van der Waals surface area contributed by atoms with Crippen LogP contribution in [0, 0.1) is 5.92 Å². The number of aryl methyl sites for hydroxylation is 2. The van der Waals surface area contributed by atoms with Crippen LogP contribution in [0.2, 0.25) is 0 Å². The van der Waals surface area contributed by atoms with E-state index in [0.717, 1.165) is 31.5 Å². The first-order valence-corrected chi connectivity index (χ1v) is 8.40. The highest BCUT2D eigenvalue weighted by Gasteiger charge is 2.38. The molecule has 122 valence electrons. The summed E-state index contributed by atoms with van der Waals surface area (Å²) in [5.41, 5.74) is 8.39. The van der Waals surface area contributed by atoms with Crippen LogP contribution in [0.25, 0.3) is 0 Å². The summed E-state index contributed by atoms with van der Waals surface area (Å²) in [6, 6.07) is 8.62. The lowest BCUT2D eigenvalue weighted by molar-refractivity contribution is 0.311. The van der Waals surface area contributed by atoms with Gasteiger partial charge in [0.1, 0.15) is 5.82 Å². The van der Waals surface area contributed by atoms with Crippen molar-refractivity contribution in [3.8, 4) is 0 Å². The van der Waals surface area contributed by atoms with Gasteiger partial charge in [-0.1, -0.05) is 38.1 Å². The fourth-order valence-electron chi connectivity index (χ4n) is 3.42. The highest BCUT2D eigenvalue weighted by atomic mass is 15.2. The Kier molecular flexibility index (Phi) is 4.20. The maximum atomic E-state index is 5.86. The summed E-state index contributed by atoms with van der Waals surface area (Å²) in [6.45, 7) is 6.61. The van der Waals surface area contributed by atoms with Crippen LogP contribution in [-0.2, 0) is 18.4 Å². The molecular weight excluding hydrogens is 286 g/mol. The zero-order valence-electron chi connectivity index (χ0n) is 14.1. The molecule has 1 aliphatic carbocycles. The first-order valence-electron chi connectivity index (χ1n) is 8.40. The molecule has 2 aromatic rings. The Morgan fingerprint density at radius 1 is 1.26 bits per heavy atom. The van der Waals surface area contributed by atoms with Gasteiger partial charge in [0.05, 0.1) is 5.54 Å². The van der Waals surface area contributed by atoms with Crippen LogP contribution in [0.4, 0.5) is 11.9 Å². The third-order valence-corrected chi connectivity index (χ3v) is 4.95. The minimum atomic E-state index is -0.202. The largest absolute Gasteiger partial charge is 0.368 e. The maximum Gasteiger partial charge on any atom is 0.228 e. The van der Waals surface area contributed by atoms with E-state index in [4.69, 9.17) is 5.73 Å². The van der Waals surface area contributed by atoms with Gasteiger partial charge in [-0.2, -0.15) is 15.0 Å². The smallest absolute Gasteiger partial charge is 0.228 e. The number of nitrogens with zero attached hydrogens (tertiary/aromatic N) is 3. The number of aromatic nitrogens is 3. The number of hydrogen-bond acceptors (Lipinski definition) is 5. The van der Waals surface area contributed by atoms with Crippen LogP contribution in [0.1, 0.15) is 50.6 Å². The molecule has 0 spiro atoms. The Bertz CT molecular complexity index is 700. The van der Waals surface area contributed by atoms with Gasteiger partial charge in [0, 0.05) is 6.42 Å². The van der Waals surface area contributed by atoms with Crippen molar-refractivity contribution in [3.63, 3.8) is 0 Å². The summed E-state index contributed by atoms with van der Waals surface area (Å²) in [4.78, 5) is 13.1. The molecule has 23 heavy (non-hydrogen) atoms. The van der Waals surface area contributed by atoms with Crippen LogP contribution in [0.5, 0.6) is 0 Å². The van der Waals surface area contributed by atoms with E-state index in [1.807, 2.05) is 0 Å². The predicted molar refractivity (Wildman–Crippen MR) is 93.1 cm³/mol. The molecule has 1 aromatic carbocycles. The van der Waals surface area contributed by atoms with Crippen molar-refractivity contribution < 1.29 is 0 Å². The van der Waals surface area contributed by atoms with E-state index >= 15 is 0 Å². The van der Waals surface area contributed by atoms with Gasteiger partial charge in [-0.15, -0.1) is 0 Å². The average molecular weight is 311 g/mol. The average Bonchev–Trinajstić information content (AvgIpc) is 2.51. The van der Waals surface area contributed by atoms with Gasteiger partial charge in [-0.3, -0.25) is 0 Å². The van der Waals surface area contributed by atoms with Crippen LogP contribution < -0.4 is 11.1 Å². The fraction of sp³-hybridized carbons (Fsp3) is 0.500. The van der Waals surface area contributed by atoms with Crippen LogP contribution >= 0.6 is 0 Å². The molecule has 5 heteroatoms. The van der Waals surface area contributed by atoms with E-state index in [1.165, 1.54) is 11.1 Å². The van der Waals surface area contributed by atoms with Crippen LogP contribution in [0.15, 0.2) is 24.3 Å². The van der Waals surface area contributed by atoms with E-state index in [1.54, 1.807) is 0 Å². The van der Waals surface area contributed by atoms with Crippen molar-refractivity contribution in [1.82, 2.24) is 15.0 Å². The maximum absolute atomic E-state index is 5.86. The predicted octanol–water partition coefficient (Wildman–Crippen LogP) is 3.32. The minimum Gasteiger partial charge on any atom is -0.368 e. The Morgan fingerprint density at radius 3 is 2.83 bits per heavy atom. The number of fused-ring (bicyclic) bond motifs is 1. The molecular formula is C18H25N5. The second-order valence-electron chi connectivity index (χ2n) is 6.61. The third kappa shape index (κ3) is 3.00. The molecule has 0 saturated heterocycles. The van der Waals surface area contributed by atoms with E-state index in [9.17, 15) is 0 Å². The van der Waals surface area contributed by atoms with Gasteiger partial charge < -0.3 is 11.1 Å². The monoisotopic (exact) mass is 311 g/mol. The number of nitrogens with two attached hydrogens (primary N) is 1. The quantitative estimate of drug-likeness (QED) is 0.906. The topological polar surface area (TPSA) is 76.7 Å². The van der Waals surface area contributed by atoms with Crippen molar-refractivity contribution >= 4 is 11.9 Å². The number of anilines is 2. The zero-order valence-corrected chi connectivity index (χ0v) is 14.1. The zero-order chi connectivity index (χ0) is 16.4. The van der Waals surface area contributed by atoms with Crippen molar-refractivity contribution in [2.24, 2.45) is 5.92 Å². The SMILES string of the molecule is CCCc1nc(N)nc(N[C@@]2(C)c3ccccc3CC[C@@H]2C)n1. The normalized spacial score (nSPS) is 23.3. The minimum absolute atomic E-state index is 0.202. The second-order valence-corrected chi connectivity index (χ2v) is 6.61. The Morgan fingerprint density at radius 2 is 2.04 bits per heavy atom. The number of hydrogen-bond donors (Lipinski definition) is 2. The van der Waals surface area contributed by atoms with Gasteiger partial charge in [0.15, 0.2) is 0 Å². The fourth-order valence-corrected chi connectivity index (χ4v) is 3.42. The molecule has 3 N–H and O–H groups in total. The molecule has 3 rings (SSSR count). The summed E-state index contributed by atoms with van der Waals surface area (Å²) in [6.07, 6.45) is 4.06. The van der Waals surface area contributed by atoms with Gasteiger partial charge >= 0.3 is 0 Å². The molecule has 0 unspecified atom stereocenters. The first-order chi connectivity index (χ1) is 11.0. The Hall–Kier alpha value is -2.17. The van der Waals surface area contributed by atoms with Crippen LogP contribution in [0.3, 0.4) is 0 Å². The van der Waals surface area contributed by atoms with E-state index in [2.05, 4.69) is 65.3 Å². The molecule has 0 amide bonds. The molecule has 0 aliphatic heterocycles. The molecule has 0 fully saturated rings. The summed E-state index contributed by atoms with van der Waals surface area (Å²) in [7, 11) is 0. The number of rotatable bonds is 4. The molecule has 0 radical (unpaired) electrons. The second kappa shape index (κ2) is 6.14. The Balaban J connectivity index is 1.98. The van der Waals surface area contributed by atoms with E-state index in [0.29, 0.717) is 11.9 Å². The Labute approximate surface area is 137 Å². The lowest BCUT2D eigenvalue weighted by Crippen LogP contribution is -2.43. The molecule has 1 aliphatic rings. The number of nitrogens with one attached hydrogen (secondary N) is 1. The van der Waals surface area contributed by atoms with E-state index in [-0.39, 0.29) is 11.5 Å². The van der Waals surface area contributed by atoms with Gasteiger partial charge in [0.2, 0.25) is 11.9 Å². The molecule has 5 nitrogen and oxygen atoms in total. The standard InChI is InChI=1S/C18H25N5/c1-4-7-15-20-16(19)22-17(21-15)23-18(3)12(2)10-11-13-8-5-6-9-14(13)18/h5-6,8-9,12H,4,7,10-11H2,1-3H3,(H3,19,20,21,22,23)/t12-,18+/m0/s1. The van der Waals surface area contributed by atoms with Crippen molar-refractivity contribution in [1.29, 1.82) is 0 Å². The van der Waals surface area contributed by atoms with Crippen molar-refractivity contribution in [2.45, 2.75) is 52.0 Å². The highest BCUT2D eigenvalue weighted by Crippen LogP contribution is 2.41. The molecule has 0 bridgehead atoms. The number of benzene rings is 1. The van der Waals surface area contributed by atoms with Gasteiger partial charge in [-0.25, -0.2) is 0 Å². The van der Waals surface area contributed by atoms with Crippen LogP contribution in [-0.4, -0.2) is 15.0 Å². The first kappa shape index (κ1) is 15.7. The third-order valence-electron chi connectivity index (χ3n) is 4.95. The lowest BCUT2D eigenvalue weighted by atomic mass is 9.71. The summed E-state index contributed by atoms with van der Waals surface area (Å²) >= 11 is 0. The number of nitrogen functional groups attached to an aromatic ring is 1. The van der Waals surface area contributed by atoms with Crippen molar-refractivity contribution in [3.05, 3.63) is 41.2 Å². The molecule has 2 atom stereocenters. The lowest BCUT2D eigenvalue weighted by Gasteiger charge is -2.42. The molecule has 1 heterocycles. The summed E-state index contributed by atoms with van der Waals surface area (Å²) in [5.74, 6) is 2.09. The van der Waals surface area contributed by atoms with Crippen molar-refractivity contribution in [2.75, 3.05) is 11.1 Å². The summed E-state index contributed by atoms with van der Waals surface area (Å²) < 4.78 is 0.